The minimum atomic E-state index is -0.282. The molecular weight excluding hydrogens is 333 g/mol. The summed E-state index contributed by atoms with van der Waals surface area (Å²) in [5.41, 5.74) is 1.88. The molecule has 1 heterocycles. The lowest BCUT2D eigenvalue weighted by Crippen LogP contribution is -2.16. The monoisotopic (exact) mass is 349 g/mol. The molecule has 1 aliphatic carbocycles. The van der Waals surface area contributed by atoms with E-state index in [1.807, 2.05) is 6.07 Å². The summed E-state index contributed by atoms with van der Waals surface area (Å²) in [6, 6.07) is 9.06. The number of hydrogen-bond acceptors (Lipinski definition) is 3. The van der Waals surface area contributed by atoms with Crippen LogP contribution < -0.4 is 10.6 Å². The zero-order valence-corrected chi connectivity index (χ0v) is 14.0. The third-order valence-corrected chi connectivity index (χ3v) is 4.64. The number of nitrogens with one attached hydrogen (secondary N) is 2. The third kappa shape index (κ3) is 4.15. The van der Waals surface area contributed by atoms with Crippen LogP contribution in [0.4, 0.5) is 11.4 Å². The van der Waals surface area contributed by atoms with Gasteiger partial charge in [0.1, 0.15) is 5.69 Å². The van der Waals surface area contributed by atoms with E-state index in [4.69, 9.17) is 23.2 Å². The fourth-order valence-corrected chi connectivity index (χ4v) is 2.99. The molecule has 3 rings (SSSR count). The molecule has 1 fully saturated rings. The van der Waals surface area contributed by atoms with Gasteiger partial charge in [-0.1, -0.05) is 36.0 Å². The highest BCUT2D eigenvalue weighted by Gasteiger charge is 2.15. The number of aromatic nitrogens is 1. The van der Waals surface area contributed by atoms with Gasteiger partial charge in [0, 0.05) is 11.7 Å². The van der Waals surface area contributed by atoms with Crippen LogP contribution in [0.1, 0.15) is 36.2 Å². The molecule has 0 saturated heterocycles. The van der Waals surface area contributed by atoms with E-state index >= 15 is 0 Å². The van der Waals surface area contributed by atoms with Crippen LogP contribution in [0, 0.1) is 0 Å². The molecule has 1 saturated carbocycles. The second-order valence-corrected chi connectivity index (χ2v) is 6.46. The van der Waals surface area contributed by atoms with E-state index in [1.54, 1.807) is 30.5 Å². The van der Waals surface area contributed by atoms with Crippen molar-refractivity contribution in [3.05, 3.63) is 52.3 Å². The Kier molecular flexibility index (Phi) is 5.03. The van der Waals surface area contributed by atoms with Crippen molar-refractivity contribution < 1.29 is 4.79 Å². The Morgan fingerprint density at radius 1 is 1.04 bits per heavy atom. The molecule has 0 atom stereocenters. The highest BCUT2D eigenvalue weighted by Crippen LogP contribution is 2.25. The molecule has 0 aliphatic heterocycles. The predicted molar refractivity (Wildman–Crippen MR) is 94.5 cm³/mol. The van der Waals surface area contributed by atoms with Crippen molar-refractivity contribution in [2.45, 2.75) is 31.7 Å². The summed E-state index contributed by atoms with van der Waals surface area (Å²) in [6.07, 6.45) is 6.63. The van der Waals surface area contributed by atoms with Gasteiger partial charge in [-0.15, -0.1) is 0 Å². The number of pyridine rings is 1. The van der Waals surface area contributed by atoms with Crippen molar-refractivity contribution in [2.24, 2.45) is 0 Å². The van der Waals surface area contributed by atoms with Gasteiger partial charge in [-0.2, -0.15) is 0 Å². The lowest BCUT2D eigenvalue weighted by Gasteiger charge is -2.13. The maximum Gasteiger partial charge on any atom is 0.274 e. The largest absolute Gasteiger partial charge is 0.381 e. The number of benzene rings is 1. The number of rotatable bonds is 4. The van der Waals surface area contributed by atoms with E-state index in [1.165, 1.54) is 25.7 Å². The number of nitrogens with zero attached hydrogens (tertiary/aromatic N) is 1. The van der Waals surface area contributed by atoms with E-state index in [9.17, 15) is 4.79 Å². The van der Waals surface area contributed by atoms with Crippen LogP contribution in [0.3, 0.4) is 0 Å². The van der Waals surface area contributed by atoms with Crippen LogP contribution in [0.2, 0.25) is 10.0 Å². The quantitative estimate of drug-likeness (QED) is 0.816. The van der Waals surface area contributed by atoms with E-state index in [0.29, 0.717) is 27.5 Å². The van der Waals surface area contributed by atoms with Gasteiger partial charge in [-0.25, -0.2) is 4.98 Å². The van der Waals surface area contributed by atoms with E-state index in [0.717, 1.165) is 5.69 Å². The van der Waals surface area contributed by atoms with Crippen LogP contribution in [-0.4, -0.2) is 16.9 Å². The molecule has 1 amide bonds. The maximum absolute atomic E-state index is 12.2. The van der Waals surface area contributed by atoms with Crippen LogP contribution >= 0.6 is 23.2 Å². The SMILES string of the molecule is O=C(Nc1ccc(Cl)c(Cl)c1)c1ccc(NC2CCCC2)cn1. The maximum atomic E-state index is 12.2. The molecule has 2 aromatic rings. The summed E-state index contributed by atoms with van der Waals surface area (Å²) in [4.78, 5) is 16.4. The number of carbonyl (C=O) groups excluding carboxylic acids is 1. The third-order valence-electron chi connectivity index (χ3n) is 3.90. The molecule has 6 heteroatoms. The molecular formula is C17H17Cl2N3O. The van der Waals surface area contributed by atoms with Gasteiger partial charge in [-0.3, -0.25) is 4.79 Å². The molecule has 0 unspecified atom stereocenters. The van der Waals surface area contributed by atoms with Gasteiger partial charge in [0.25, 0.3) is 5.91 Å². The topological polar surface area (TPSA) is 54.0 Å². The number of carbonyl (C=O) groups is 1. The van der Waals surface area contributed by atoms with Crippen molar-refractivity contribution in [3.8, 4) is 0 Å². The van der Waals surface area contributed by atoms with Crippen LogP contribution in [0.15, 0.2) is 36.5 Å². The molecule has 0 bridgehead atoms. The second kappa shape index (κ2) is 7.20. The average molecular weight is 350 g/mol. The van der Waals surface area contributed by atoms with Crippen LogP contribution in [-0.2, 0) is 0 Å². The smallest absolute Gasteiger partial charge is 0.274 e. The van der Waals surface area contributed by atoms with Crippen molar-refractivity contribution >= 4 is 40.5 Å². The Bertz CT molecular complexity index is 697. The van der Waals surface area contributed by atoms with Gasteiger partial charge in [0.2, 0.25) is 0 Å². The molecule has 1 aromatic carbocycles. The predicted octanol–water partition coefficient (Wildman–Crippen LogP) is 5.00. The molecule has 1 aliphatic rings. The number of hydrogen-bond donors (Lipinski definition) is 2. The summed E-state index contributed by atoms with van der Waals surface area (Å²) < 4.78 is 0. The molecule has 0 radical (unpaired) electrons. The van der Waals surface area contributed by atoms with Gasteiger partial charge >= 0.3 is 0 Å². The van der Waals surface area contributed by atoms with Crippen molar-refractivity contribution in [1.82, 2.24) is 4.98 Å². The molecule has 120 valence electrons. The Balaban J connectivity index is 1.63. The van der Waals surface area contributed by atoms with Crippen LogP contribution in [0.5, 0.6) is 0 Å². The minimum absolute atomic E-state index is 0.282. The Labute approximate surface area is 145 Å². The summed E-state index contributed by atoms with van der Waals surface area (Å²) >= 11 is 11.8. The Morgan fingerprint density at radius 2 is 1.78 bits per heavy atom. The normalized spacial score (nSPS) is 14.7. The first-order valence-corrected chi connectivity index (χ1v) is 8.36. The lowest BCUT2D eigenvalue weighted by molar-refractivity contribution is 0.102. The van der Waals surface area contributed by atoms with Crippen molar-refractivity contribution in [1.29, 1.82) is 0 Å². The summed E-state index contributed by atoms with van der Waals surface area (Å²) in [7, 11) is 0. The molecule has 0 spiro atoms. The highest BCUT2D eigenvalue weighted by molar-refractivity contribution is 6.42. The Morgan fingerprint density at radius 3 is 2.43 bits per heavy atom. The standard InChI is InChI=1S/C17H17Cl2N3O/c18-14-7-5-12(9-15(14)19)22-17(23)16-8-6-13(10-20-16)21-11-3-1-2-4-11/h5-11,21H,1-4H2,(H,22,23). The number of halogens is 2. The summed E-state index contributed by atoms with van der Waals surface area (Å²) in [6.45, 7) is 0. The zero-order chi connectivity index (χ0) is 16.2. The molecule has 1 aromatic heterocycles. The Hall–Kier alpha value is -1.78. The zero-order valence-electron chi connectivity index (χ0n) is 12.5. The van der Waals surface area contributed by atoms with E-state index in [2.05, 4.69) is 15.6 Å². The number of anilines is 2. The van der Waals surface area contributed by atoms with E-state index < -0.39 is 0 Å². The number of amides is 1. The first kappa shape index (κ1) is 16.1. The molecule has 2 N–H and O–H groups in total. The molecule has 23 heavy (non-hydrogen) atoms. The first-order valence-electron chi connectivity index (χ1n) is 7.61. The van der Waals surface area contributed by atoms with Gasteiger partial charge in [0.05, 0.1) is 21.9 Å². The lowest BCUT2D eigenvalue weighted by atomic mass is 10.2. The van der Waals surface area contributed by atoms with Crippen LogP contribution in [0.25, 0.3) is 0 Å². The second-order valence-electron chi connectivity index (χ2n) is 5.64. The first-order chi connectivity index (χ1) is 11.1. The van der Waals surface area contributed by atoms with Gasteiger partial charge in [0.15, 0.2) is 0 Å². The fraction of sp³-hybridized carbons (Fsp3) is 0.294. The summed E-state index contributed by atoms with van der Waals surface area (Å²) in [5, 5.41) is 7.04. The van der Waals surface area contributed by atoms with E-state index in [-0.39, 0.29) is 5.91 Å². The highest BCUT2D eigenvalue weighted by atomic mass is 35.5. The minimum Gasteiger partial charge on any atom is -0.381 e. The summed E-state index contributed by atoms with van der Waals surface area (Å²) in [5.74, 6) is -0.282. The molecule has 4 nitrogen and oxygen atoms in total. The van der Waals surface area contributed by atoms with Gasteiger partial charge < -0.3 is 10.6 Å². The average Bonchev–Trinajstić information content (AvgIpc) is 3.04. The van der Waals surface area contributed by atoms with Crippen molar-refractivity contribution in [3.63, 3.8) is 0 Å². The van der Waals surface area contributed by atoms with Gasteiger partial charge in [-0.05, 0) is 43.2 Å². The fourth-order valence-electron chi connectivity index (χ4n) is 2.69. The van der Waals surface area contributed by atoms with Crippen molar-refractivity contribution in [2.75, 3.05) is 10.6 Å².